The van der Waals surface area contributed by atoms with Crippen molar-refractivity contribution in [3.05, 3.63) is 88.4 Å². The van der Waals surface area contributed by atoms with Crippen LogP contribution in [-0.4, -0.2) is 24.5 Å². The van der Waals surface area contributed by atoms with Crippen molar-refractivity contribution in [2.24, 2.45) is 5.92 Å². The lowest BCUT2D eigenvalue weighted by atomic mass is 9.90. The number of hydroxylamine groups is 1. The van der Waals surface area contributed by atoms with Crippen LogP contribution in [0.1, 0.15) is 18.5 Å². The number of carbonyl (C=O) groups is 2. The van der Waals surface area contributed by atoms with E-state index in [2.05, 4.69) is 0 Å². The highest BCUT2D eigenvalue weighted by atomic mass is 35.5. The van der Waals surface area contributed by atoms with Gasteiger partial charge in [0.1, 0.15) is 11.7 Å². The molecule has 2 aliphatic rings. The monoisotopic (exact) mass is 482 g/mol. The summed E-state index contributed by atoms with van der Waals surface area (Å²) in [4.78, 5) is 34.3. The van der Waals surface area contributed by atoms with Crippen molar-refractivity contribution in [3.63, 3.8) is 0 Å². The van der Waals surface area contributed by atoms with Crippen LogP contribution in [0, 0.1) is 5.92 Å². The highest BCUT2D eigenvalue weighted by molar-refractivity contribution is 6.35. The van der Waals surface area contributed by atoms with E-state index in [1.165, 1.54) is 4.90 Å². The Morgan fingerprint density at radius 1 is 0.909 bits per heavy atom. The molecule has 0 radical (unpaired) electrons. The number of hydrogen-bond donors (Lipinski definition) is 0. The second-order valence-electron chi connectivity index (χ2n) is 7.76. The molecule has 168 valence electrons. The molecule has 3 aromatic rings. The van der Waals surface area contributed by atoms with Crippen molar-refractivity contribution < 1.29 is 19.2 Å². The third-order valence-electron chi connectivity index (χ3n) is 5.81. The maximum Gasteiger partial charge on any atom is 0.266 e. The van der Waals surface area contributed by atoms with Crippen molar-refractivity contribution in [1.29, 1.82) is 0 Å². The standard InChI is InChI=1S/C25H20Cl2N2O4/c1-2-32-18-11-9-16(10-12-18)28-24(30)21-22(19-13-8-15(26)14-20(19)27)29(33-23(21)25(28)31)17-6-4-3-5-7-17/h3-14,21-23H,2H2,1H3/t21-,22+,23-/m0/s1. The van der Waals surface area contributed by atoms with Crippen LogP contribution in [0.2, 0.25) is 10.0 Å². The van der Waals surface area contributed by atoms with Crippen molar-refractivity contribution in [3.8, 4) is 5.75 Å². The molecular formula is C25H20Cl2N2O4. The van der Waals surface area contributed by atoms with Gasteiger partial charge in [0, 0.05) is 10.0 Å². The van der Waals surface area contributed by atoms with Gasteiger partial charge in [-0.3, -0.25) is 14.4 Å². The minimum Gasteiger partial charge on any atom is -0.494 e. The molecule has 0 bridgehead atoms. The molecule has 0 spiro atoms. The van der Waals surface area contributed by atoms with Crippen LogP contribution in [-0.2, 0) is 14.4 Å². The predicted molar refractivity (Wildman–Crippen MR) is 127 cm³/mol. The van der Waals surface area contributed by atoms with E-state index in [4.69, 9.17) is 32.8 Å². The second-order valence-corrected chi connectivity index (χ2v) is 8.61. The number of fused-ring (bicyclic) bond motifs is 1. The Labute approximate surface area is 201 Å². The summed E-state index contributed by atoms with van der Waals surface area (Å²) >= 11 is 12.7. The Balaban J connectivity index is 1.55. The quantitative estimate of drug-likeness (QED) is 0.453. The van der Waals surface area contributed by atoms with Crippen LogP contribution in [0.15, 0.2) is 72.8 Å². The molecule has 3 aromatic carbocycles. The Bertz CT molecular complexity index is 1200. The number of anilines is 2. The minimum atomic E-state index is -0.971. The molecule has 8 heteroatoms. The lowest BCUT2D eigenvalue weighted by Gasteiger charge is -2.29. The first-order chi connectivity index (χ1) is 16.0. The van der Waals surface area contributed by atoms with Crippen LogP contribution in [0.5, 0.6) is 5.75 Å². The van der Waals surface area contributed by atoms with Crippen molar-refractivity contribution >= 4 is 46.4 Å². The molecule has 33 heavy (non-hydrogen) atoms. The Hall–Kier alpha value is -3.06. The average Bonchev–Trinajstić information content (AvgIpc) is 3.31. The van der Waals surface area contributed by atoms with Gasteiger partial charge in [-0.05, 0) is 61.0 Å². The molecule has 0 saturated carbocycles. The first kappa shape index (κ1) is 21.8. The van der Waals surface area contributed by atoms with E-state index >= 15 is 0 Å². The maximum absolute atomic E-state index is 13.6. The molecule has 6 nitrogen and oxygen atoms in total. The fourth-order valence-electron chi connectivity index (χ4n) is 4.38. The summed E-state index contributed by atoms with van der Waals surface area (Å²) in [5.74, 6) is -0.868. The summed E-state index contributed by atoms with van der Waals surface area (Å²) in [7, 11) is 0. The number of amides is 2. The fraction of sp³-hybridized carbons (Fsp3) is 0.200. The molecule has 0 unspecified atom stereocenters. The zero-order valence-electron chi connectivity index (χ0n) is 17.7. The van der Waals surface area contributed by atoms with E-state index < -0.39 is 24.0 Å². The van der Waals surface area contributed by atoms with Gasteiger partial charge in [-0.15, -0.1) is 0 Å². The summed E-state index contributed by atoms with van der Waals surface area (Å²) in [6, 6.07) is 20.7. The summed E-state index contributed by atoms with van der Waals surface area (Å²) in [5.41, 5.74) is 1.85. The lowest BCUT2D eigenvalue weighted by molar-refractivity contribution is -0.126. The van der Waals surface area contributed by atoms with Crippen molar-refractivity contribution in [2.75, 3.05) is 16.6 Å². The Kier molecular flexibility index (Phi) is 5.74. The molecule has 2 amide bonds. The largest absolute Gasteiger partial charge is 0.494 e. The van der Waals surface area contributed by atoms with Crippen LogP contribution in [0.25, 0.3) is 0 Å². The summed E-state index contributed by atoms with van der Waals surface area (Å²) in [5, 5.41) is 2.49. The minimum absolute atomic E-state index is 0.344. The molecule has 2 saturated heterocycles. The number of para-hydroxylation sites is 1. The molecule has 2 aliphatic heterocycles. The first-order valence-corrected chi connectivity index (χ1v) is 11.3. The molecule has 0 aliphatic carbocycles. The van der Waals surface area contributed by atoms with E-state index in [1.54, 1.807) is 47.5 Å². The maximum atomic E-state index is 13.6. The van der Waals surface area contributed by atoms with Gasteiger partial charge in [-0.1, -0.05) is 47.5 Å². The van der Waals surface area contributed by atoms with Gasteiger partial charge in [0.15, 0.2) is 6.10 Å². The summed E-state index contributed by atoms with van der Waals surface area (Å²) in [6.07, 6.45) is -0.971. The molecule has 0 N–H and O–H groups in total. The molecular weight excluding hydrogens is 463 g/mol. The second kappa shape index (κ2) is 8.71. The lowest BCUT2D eigenvalue weighted by Crippen LogP contribution is -2.37. The normalized spacial score (nSPS) is 22.1. The number of imide groups is 1. The number of hydrogen-bond acceptors (Lipinski definition) is 5. The van der Waals surface area contributed by atoms with E-state index in [-0.39, 0.29) is 5.91 Å². The number of halogens is 2. The summed E-state index contributed by atoms with van der Waals surface area (Å²) < 4.78 is 5.47. The van der Waals surface area contributed by atoms with E-state index in [0.29, 0.717) is 33.7 Å². The Morgan fingerprint density at radius 3 is 2.30 bits per heavy atom. The van der Waals surface area contributed by atoms with Crippen LogP contribution in [0.4, 0.5) is 11.4 Å². The number of ether oxygens (including phenoxy) is 1. The third-order valence-corrected chi connectivity index (χ3v) is 6.38. The smallest absolute Gasteiger partial charge is 0.266 e. The Morgan fingerprint density at radius 2 is 1.64 bits per heavy atom. The predicted octanol–water partition coefficient (Wildman–Crippen LogP) is 5.44. The molecule has 3 atom stereocenters. The van der Waals surface area contributed by atoms with Gasteiger partial charge < -0.3 is 4.74 Å². The topological polar surface area (TPSA) is 59.1 Å². The van der Waals surface area contributed by atoms with Crippen molar-refractivity contribution in [2.45, 2.75) is 19.1 Å². The van der Waals surface area contributed by atoms with Gasteiger partial charge in [0.25, 0.3) is 5.91 Å². The van der Waals surface area contributed by atoms with E-state index in [0.717, 1.165) is 5.69 Å². The number of benzene rings is 3. The first-order valence-electron chi connectivity index (χ1n) is 10.6. The van der Waals surface area contributed by atoms with Gasteiger partial charge in [0.2, 0.25) is 5.91 Å². The third kappa shape index (κ3) is 3.74. The molecule has 0 aromatic heterocycles. The molecule has 5 rings (SSSR count). The zero-order valence-corrected chi connectivity index (χ0v) is 19.2. The van der Waals surface area contributed by atoms with Gasteiger partial charge in [0.05, 0.1) is 24.0 Å². The zero-order chi connectivity index (χ0) is 23.1. The van der Waals surface area contributed by atoms with Crippen molar-refractivity contribution in [1.82, 2.24) is 0 Å². The molecule has 2 heterocycles. The summed E-state index contributed by atoms with van der Waals surface area (Å²) in [6.45, 7) is 2.41. The number of nitrogens with zero attached hydrogens (tertiary/aromatic N) is 2. The van der Waals surface area contributed by atoms with Crippen LogP contribution >= 0.6 is 23.2 Å². The average molecular weight is 483 g/mol. The SMILES string of the molecule is CCOc1ccc(N2C(=O)[C@@H]3[C@H](ON(c4ccccc4)[C@@H]3c3ccc(Cl)cc3Cl)C2=O)cc1. The van der Waals surface area contributed by atoms with E-state index in [9.17, 15) is 9.59 Å². The highest BCUT2D eigenvalue weighted by Gasteiger charge is 2.60. The van der Waals surface area contributed by atoms with Crippen LogP contribution < -0.4 is 14.7 Å². The van der Waals surface area contributed by atoms with E-state index in [1.807, 2.05) is 37.3 Å². The van der Waals surface area contributed by atoms with Gasteiger partial charge >= 0.3 is 0 Å². The van der Waals surface area contributed by atoms with Crippen LogP contribution in [0.3, 0.4) is 0 Å². The van der Waals surface area contributed by atoms with Gasteiger partial charge in [-0.2, -0.15) is 0 Å². The van der Waals surface area contributed by atoms with Gasteiger partial charge in [-0.25, -0.2) is 9.96 Å². The number of carbonyl (C=O) groups excluding carboxylic acids is 2. The fourth-order valence-corrected chi connectivity index (χ4v) is 4.90. The highest BCUT2D eigenvalue weighted by Crippen LogP contribution is 2.49. The number of rotatable bonds is 5. The molecule has 2 fully saturated rings.